The summed E-state index contributed by atoms with van der Waals surface area (Å²) in [6.45, 7) is 5.46. The van der Waals surface area contributed by atoms with Crippen molar-refractivity contribution in [3.05, 3.63) is 35.9 Å². The van der Waals surface area contributed by atoms with Crippen LogP contribution in [0.2, 0.25) is 0 Å². The zero-order valence-electron chi connectivity index (χ0n) is 13.4. The molecule has 5 heteroatoms. The van der Waals surface area contributed by atoms with Crippen molar-refractivity contribution in [2.45, 2.75) is 44.9 Å². The Kier molecular flexibility index (Phi) is 5.80. The lowest BCUT2D eigenvalue weighted by atomic mass is 10.1. The van der Waals surface area contributed by atoms with E-state index in [1.54, 1.807) is 18.7 Å². The van der Waals surface area contributed by atoms with Crippen LogP contribution in [0, 0.1) is 0 Å². The topological polar surface area (TPSA) is 61.8 Å². The summed E-state index contributed by atoms with van der Waals surface area (Å²) in [4.78, 5) is 14.1. The molecule has 1 saturated heterocycles. The number of ether oxygens (including phenoxy) is 1. The van der Waals surface area contributed by atoms with Gasteiger partial charge in [-0.15, -0.1) is 0 Å². The molecule has 0 aromatic heterocycles. The summed E-state index contributed by atoms with van der Waals surface area (Å²) in [5.74, 6) is 0. The molecule has 5 nitrogen and oxygen atoms in total. The average Bonchev–Trinajstić information content (AvgIpc) is 2.97. The van der Waals surface area contributed by atoms with Crippen LogP contribution in [0.15, 0.2) is 30.3 Å². The predicted octanol–water partition coefficient (Wildman–Crippen LogP) is 2.15. The van der Waals surface area contributed by atoms with Crippen molar-refractivity contribution in [3.63, 3.8) is 0 Å². The second-order valence-corrected chi connectivity index (χ2v) is 6.48. The molecule has 1 aromatic carbocycles. The molecule has 1 atom stereocenters. The van der Waals surface area contributed by atoms with E-state index in [1.807, 2.05) is 30.3 Å². The number of carbonyl (C=O) groups is 1. The Bertz CT molecular complexity index is 465. The Balaban J connectivity index is 1.94. The van der Waals surface area contributed by atoms with Crippen molar-refractivity contribution in [2.24, 2.45) is 0 Å². The van der Waals surface area contributed by atoms with E-state index in [0.717, 1.165) is 25.0 Å². The Morgan fingerprint density at radius 1 is 1.41 bits per heavy atom. The lowest BCUT2D eigenvalue weighted by Crippen LogP contribution is -2.47. The van der Waals surface area contributed by atoms with Gasteiger partial charge in [0.1, 0.15) is 0 Å². The van der Waals surface area contributed by atoms with E-state index in [1.165, 1.54) is 0 Å². The molecule has 22 heavy (non-hydrogen) atoms. The van der Waals surface area contributed by atoms with Gasteiger partial charge in [0, 0.05) is 19.7 Å². The van der Waals surface area contributed by atoms with E-state index in [-0.39, 0.29) is 18.7 Å². The number of amides is 2. The molecule has 1 aliphatic heterocycles. The minimum Gasteiger partial charge on any atom is -0.389 e. The molecule has 1 heterocycles. The largest absolute Gasteiger partial charge is 0.389 e. The summed E-state index contributed by atoms with van der Waals surface area (Å²) in [6.07, 6.45) is 2.16. The smallest absolute Gasteiger partial charge is 0.317 e. The van der Waals surface area contributed by atoms with Crippen LogP contribution in [0.3, 0.4) is 0 Å². The number of rotatable bonds is 6. The highest BCUT2D eigenvalue weighted by Gasteiger charge is 2.24. The number of carbonyl (C=O) groups excluding carboxylic acids is 1. The van der Waals surface area contributed by atoms with Gasteiger partial charge in [0.05, 0.1) is 18.2 Å². The predicted molar refractivity (Wildman–Crippen MR) is 85.5 cm³/mol. The maximum Gasteiger partial charge on any atom is 0.317 e. The van der Waals surface area contributed by atoms with Crippen LogP contribution in [-0.2, 0) is 11.3 Å². The first-order chi connectivity index (χ1) is 10.4. The molecule has 0 saturated carbocycles. The standard InChI is InChI=1S/C17H26N2O3/c1-17(2,21)13-19(12-14-7-4-3-5-8-14)16(20)18-11-15-9-6-10-22-15/h3-5,7-8,15,21H,6,9-13H2,1-2H3,(H,18,20). The molecule has 0 bridgehead atoms. The zero-order chi connectivity index (χ0) is 16.0. The van der Waals surface area contributed by atoms with Gasteiger partial charge in [-0.2, -0.15) is 0 Å². The summed E-state index contributed by atoms with van der Waals surface area (Å²) in [5, 5.41) is 13.0. The fourth-order valence-electron chi connectivity index (χ4n) is 2.59. The summed E-state index contributed by atoms with van der Waals surface area (Å²) < 4.78 is 5.52. The Morgan fingerprint density at radius 2 is 2.14 bits per heavy atom. The second-order valence-electron chi connectivity index (χ2n) is 6.48. The maximum atomic E-state index is 12.4. The van der Waals surface area contributed by atoms with E-state index in [4.69, 9.17) is 4.74 Å². The van der Waals surface area contributed by atoms with Gasteiger partial charge < -0.3 is 20.1 Å². The summed E-state index contributed by atoms with van der Waals surface area (Å²) in [6, 6.07) is 9.63. The molecule has 1 unspecified atom stereocenters. The maximum absolute atomic E-state index is 12.4. The van der Waals surface area contributed by atoms with Gasteiger partial charge in [-0.3, -0.25) is 0 Å². The SMILES string of the molecule is CC(C)(O)CN(Cc1ccccc1)C(=O)NCC1CCCO1. The molecule has 1 aliphatic rings. The van der Waals surface area contributed by atoms with Gasteiger partial charge in [0.25, 0.3) is 0 Å². The molecule has 2 N–H and O–H groups in total. The van der Waals surface area contributed by atoms with E-state index in [9.17, 15) is 9.90 Å². The fraction of sp³-hybridized carbons (Fsp3) is 0.588. The first kappa shape index (κ1) is 16.8. The highest BCUT2D eigenvalue weighted by atomic mass is 16.5. The normalized spacial score (nSPS) is 18.2. The van der Waals surface area contributed by atoms with Crippen LogP contribution in [-0.4, -0.2) is 47.4 Å². The molecule has 1 fully saturated rings. The lowest BCUT2D eigenvalue weighted by Gasteiger charge is -2.29. The Labute approximate surface area is 132 Å². The van der Waals surface area contributed by atoms with Crippen molar-refractivity contribution < 1.29 is 14.6 Å². The van der Waals surface area contributed by atoms with E-state index >= 15 is 0 Å². The van der Waals surface area contributed by atoms with Crippen LogP contribution in [0.4, 0.5) is 4.79 Å². The summed E-state index contributed by atoms with van der Waals surface area (Å²) >= 11 is 0. The van der Waals surface area contributed by atoms with Crippen molar-refractivity contribution in [2.75, 3.05) is 19.7 Å². The van der Waals surface area contributed by atoms with Gasteiger partial charge in [-0.1, -0.05) is 30.3 Å². The van der Waals surface area contributed by atoms with Gasteiger partial charge in [-0.05, 0) is 32.3 Å². The fourth-order valence-corrected chi connectivity index (χ4v) is 2.59. The number of hydrogen-bond donors (Lipinski definition) is 2. The molecule has 1 aromatic rings. The quantitative estimate of drug-likeness (QED) is 0.846. The first-order valence-electron chi connectivity index (χ1n) is 7.85. The second kappa shape index (κ2) is 7.61. The van der Waals surface area contributed by atoms with Gasteiger partial charge in [0.15, 0.2) is 0 Å². The molecular formula is C17H26N2O3. The molecule has 0 radical (unpaired) electrons. The van der Waals surface area contributed by atoms with Crippen LogP contribution < -0.4 is 5.32 Å². The van der Waals surface area contributed by atoms with Gasteiger partial charge in [0.2, 0.25) is 0 Å². The monoisotopic (exact) mass is 306 g/mol. The van der Waals surface area contributed by atoms with E-state index in [0.29, 0.717) is 13.1 Å². The molecule has 0 spiro atoms. The minimum absolute atomic E-state index is 0.115. The highest BCUT2D eigenvalue weighted by Crippen LogP contribution is 2.13. The third kappa shape index (κ3) is 5.66. The Hall–Kier alpha value is -1.59. The lowest BCUT2D eigenvalue weighted by molar-refractivity contribution is 0.0436. The molecule has 2 rings (SSSR count). The third-order valence-electron chi connectivity index (χ3n) is 3.59. The van der Waals surface area contributed by atoms with Crippen LogP contribution in [0.1, 0.15) is 32.3 Å². The third-order valence-corrected chi connectivity index (χ3v) is 3.59. The number of hydrogen-bond acceptors (Lipinski definition) is 3. The van der Waals surface area contributed by atoms with E-state index in [2.05, 4.69) is 5.32 Å². The molecule has 2 amide bonds. The van der Waals surface area contributed by atoms with Gasteiger partial charge in [-0.25, -0.2) is 4.79 Å². The number of nitrogens with zero attached hydrogens (tertiary/aromatic N) is 1. The number of aliphatic hydroxyl groups is 1. The van der Waals surface area contributed by atoms with Crippen LogP contribution >= 0.6 is 0 Å². The van der Waals surface area contributed by atoms with E-state index < -0.39 is 5.60 Å². The first-order valence-corrected chi connectivity index (χ1v) is 7.85. The molecule has 0 aliphatic carbocycles. The van der Waals surface area contributed by atoms with Crippen LogP contribution in [0.5, 0.6) is 0 Å². The number of nitrogens with one attached hydrogen (secondary N) is 1. The van der Waals surface area contributed by atoms with Crippen molar-refractivity contribution in [1.29, 1.82) is 0 Å². The Morgan fingerprint density at radius 3 is 2.73 bits per heavy atom. The number of urea groups is 1. The minimum atomic E-state index is -0.935. The van der Waals surface area contributed by atoms with Crippen molar-refractivity contribution in [3.8, 4) is 0 Å². The summed E-state index contributed by atoms with van der Waals surface area (Å²) in [5.41, 5.74) is 0.106. The molecular weight excluding hydrogens is 280 g/mol. The molecule has 122 valence electrons. The summed E-state index contributed by atoms with van der Waals surface area (Å²) in [7, 11) is 0. The number of benzene rings is 1. The van der Waals surface area contributed by atoms with Crippen molar-refractivity contribution >= 4 is 6.03 Å². The average molecular weight is 306 g/mol. The van der Waals surface area contributed by atoms with Crippen LogP contribution in [0.25, 0.3) is 0 Å². The zero-order valence-corrected chi connectivity index (χ0v) is 13.4. The van der Waals surface area contributed by atoms with Gasteiger partial charge >= 0.3 is 6.03 Å². The highest BCUT2D eigenvalue weighted by molar-refractivity contribution is 5.74. The van der Waals surface area contributed by atoms with Crippen molar-refractivity contribution in [1.82, 2.24) is 10.2 Å².